The molecule has 0 amide bonds. The number of esters is 3. The lowest BCUT2D eigenvalue weighted by molar-refractivity contribution is -0.166. The average Bonchev–Trinajstić information content (AvgIpc) is 3.35. The van der Waals surface area contributed by atoms with Gasteiger partial charge < -0.3 is 14.2 Å². The van der Waals surface area contributed by atoms with Crippen molar-refractivity contribution in [2.45, 2.75) is 207 Å². The van der Waals surface area contributed by atoms with Gasteiger partial charge >= 0.3 is 17.9 Å². The van der Waals surface area contributed by atoms with Crippen LogP contribution in [0.2, 0.25) is 0 Å². The maximum Gasteiger partial charge on any atom is 0.310 e. The SMILES string of the molecule is CC/C=C\C/C=C\C/C=C\C/C=C\C/C=C\CCCCCCCC(=O)OCC(COC(=O)CCCCCCC/C=C\C/C=C\C/C=C\CC)OC(=O)C/C=C\C/C=C\C/C=C\C/C=C\C/C=C\CC. The maximum atomic E-state index is 12.8. The lowest BCUT2D eigenvalue weighted by Gasteiger charge is -2.18. The van der Waals surface area contributed by atoms with Gasteiger partial charge in [0.15, 0.2) is 6.10 Å². The number of ether oxygens (including phenoxy) is 3. The molecule has 0 aliphatic rings. The molecule has 0 N–H and O–H groups in total. The molecule has 0 aromatic carbocycles. The van der Waals surface area contributed by atoms with Crippen LogP contribution < -0.4 is 0 Å². The van der Waals surface area contributed by atoms with Crippen molar-refractivity contribution < 1.29 is 28.6 Å². The van der Waals surface area contributed by atoms with Crippen molar-refractivity contribution in [3.05, 3.63) is 158 Å². The highest BCUT2D eigenvalue weighted by atomic mass is 16.6. The van der Waals surface area contributed by atoms with Crippen molar-refractivity contribution in [2.24, 2.45) is 0 Å². The van der Waals surface area contributed by atoms with Crippen LogP contribution in [0, 0.1) is 0 Å². The van der Waals surface area contributed by atoms with Gasteiger partial charge in [0.25, 0.3) is 0 Å². The van der Waals surface area contributed by atoms with Gasteiger partial charge in [0, 0.05) is 12.8 Å². The molecule has 0 bridgehead atoms. The largest absolute Gasteiger partial charge is 0.462 e. The minimum absolute atomic E-state index is 0.0801. The molecule has 1 atom stereocenters. The normalized spacial score (nSPS) is 13.4. The summed E-state index contributed by atoms with van der Waals surface area (Å²) < 4.78 is 16.7. The monoisotopic (exact) mass is 949 g/mol. The summed E-state index contributed by atoms with van der Waals surface area (Å²) in [4.78, 5) is 38.0. The second kappa shape index (κ2) is 55.6. The molecule has 69 heavy (non-hydrogen) atoms. The third-order valence-corrected chi connectivity index (χ3v) is 10.5. The molecule has 6 heteroatoms. The van der Waals surface area contributed by atoms with Gasteiger partial charge in [-0.1, -0.05) is 217 Å². The first-order valence-corrected chi connectivity index (χ1v) is 27.0. The number of carbonyl (C=O) groups is 3. The van der Waals surface area contributed by atoms with E-state index in [1.54, 1.807) is 6.08 Å². The molecule has 0 heterocycles. The van der Waals surface area contributed by atoms with Gasteiger partial charge in [-0.05, 0) is 122 Å². The maximum absolute atomic E-state index is 12.8. The Labute approximate surface area is 422 Å². The van der Waals surface area contributed by atoms with Gasteiger partial charge in [-0.3, -0.25) is 14.4 Å². The van der Waals surface area contributed by atoms with Gasteiger partial charge in [0.2, 0.25) is 0 Å². The summed E-state index contributed by atoms with van der Waals surface area (Å²) in [5.74, 6) is -1.12. The zero-order valence-electron chi connectivity index (χ0n) is 43.8. The van der Waals surface area contributed by atoms with Crippen molar-refractivity contribution in [2.75, 3.05) is 13.2 Å². The van der Waals surface area contributed by atoms with Crippen molar-refractivity contribution >= 4 is 17.9 Å². The summed E-state index contributed by atoms with van der Waals surface area (Å²) in [5, 5.41) is 0. The first-order valence-electron chi connectivity index (χ1n) is 27.0. The number of hydrogen-bond donors (Lipinski definition) is 0. The fourth-order valence-corrected chi connectivity index (χ4v) is 6.62. The number of hydrogen-bond acceptors (Lipinski definition) is 6. The molecule has 0 radical (unpaired) electrons. The van der Waals surface area contributed by atoms with Crippen molar-refractivity contribution in [1.29, 1.82) is 0 Å². The van der Waals surface area contributed by atoms with E-state index in [1.807, 2.05) is 6.08 Å². The van der Waals surface area contributed by atoms with Crippen LogP contribution in [0.4, 0.5) is 0 Å². The van der Waals surface area contributed by atoms with Crippen molar-refractivity contribution in [1.82, 2.24) is 0 Å². The van der Waals surface area contributed by atoms with Crippen molar-refractivity contribution in [3.8, 4) is 0 Å². The third kappa shape index (κ3) is 53.8. The van der Waals surface area contributed by atoms with Gasteiger partial charge in [0.1, 0.15) is 13.2 Å². The van der Waals surface area contributed by atoms with E-state index in [4.69, 9.17) is 14.2 Å². The lowest BCUT2D eigenvalue weighted by Crippen LogP contribution is -2.30. The Kier molecular flexibility index (Phi) is 51.6. The van der Waals surface area contributed by atoms with E-state index in [2.05, 4.69) is 167 Å². The minimum Gasteiger partial charge on any atom is -0.462 e. The molecule has 0 fully saturated rings. The molecule has 0 aromatic rings. The fraction of sp³-hybridized carbons (Fsp3) is 0.540. The summed E-state index contributed by atoms with van der Waals surface area (Å²) in [5.41, 5.74) is 0. The topological polar surface area (TPSA) is 78.9 Å². The molecular weight excluding hydrogens is 853 g/mol. The molecule has 0 spiro atoms. The predicted molar refractivity (Wildman–Crippen MR) is 297 cm³/mol. The minimum atomic E-state index is -0.856. The van der Waals surface area contributed by atoms with Gasteiger partial charge in [-0.2, -0.15) is 0 Å². The van der Waals surface area contributed by atoms with E-state index >= 15 is 0 Å². The van der Waals surface area contributed by atoms with E-state index in [1.165, 1.54) is 0 Å². The zero-order valence-corrected chi connectivity index (χ0v) is 43.8. The third-order valence-electron chi connectivity index (χ3n) is 10.5. The lowest BCUT2D eigenvalue weighted by atomic mass is 10.1. The Balaban J connectivity index is 4.57. The van der Waals surface area contributed by atoms with Gasteiger partial charge in [-0.25, -0.2) is 0 Å². The number of carbonyl (C=O) groups excluding carboxylic acids is 3. The number of rotatable bonds is 46. The van der Waals surface area contributed by atoms with E-state index in [-0.39, 0.29) is 31.6 Å². The van der Waals surface area contributed by atoms with Crippen LogP contribution in [0.3, 0.4) is 0 Å². The highest BCUT2D eigenvalue weighted by Gasteiger charge is 2.19. The molecule has 0 saturated carbocycles. The Bertz CT molecular complexity index is 1610. The molecule has 0 aliphatic carbocycles. The molecule has 384 valence electrons. The zero-order chi connectivity index (χ0) is 50.0. The average molecular weight is 949 g/mol. The number of allylic oxidation sites excluding steroid dienone is 25. The molecule has 6 nitrogen and oxygen atoms in total. The molecule has 1 unspecified atom stereocenters. The fourth-order valence-electron chi connectivity index (χ4n) is 6.62. The van der Waals surface area contributed by atoms with E-state index in [9.17, 15) is 14.4 Å². The first-order chi connectivity index (χ1) is 34.0. The van der Waals surface area contributed by atoms with Crippen LogP contribution >= 0.6 is 0 Å². The summed E-state index contributed by atoms with van der Waals surface area (Å²) in [6.07, 6.45) is 81.1. The molecule has 0 rings (SSSR count). The molecule has 0 aliphatic heterocycles. The van der Waals surface area contributed by atoms with Crippen molar-refractivity contribution in [3.63, 3.8) is 0 Å². The molecule has 0 saturated heterocycles. The Morgan fingerprint density at radius 1 is 0.304 bits per heavy atom. The van der Waals surface area contributed by atoms with Crippen LogP contribution in [0.5, 0.6) is 0 Å². The van der Waals surface area contributed by atoms with Gasteiger partial charge in [0.05, 0.1) is 6.42 Å². The van der Waals surface area contributed by atoms with Crippen LogP contribution in [0.15, 0.2) is 158 Å². The second-order valence-corrected chi connectivity index (χ2v) is 17.0. The highest BCUT2D eigenvalue weighted by Crippen LogP contribution is 2.12. The summed E-state index contributed by atoms with van der Waals surface area (Å²) in [7, 11) is 0. The van der Waals surface area contributed by atoms with Crippen LogP contribution in [-0.2, 0) is 28.6 Å². The smallest absolute Gasteiger partial charge is 0.310 e. The quantitative estimate of drug-likeness (QED) is 0.0262. The Hall–Kier alpha value is -4.97. The van der Waals surface area contributed by atoms with Crippen LogP contribution in [0.25, 0.3) is 0 Å². The summed E-state index contributed by atoms with van der Waals surface area (Å²) in [6.45, 7) is 6.16. The standard InChI is InChI=1S/C63H96O6/c1-4-7-10-13-16-19-22-25-28-29-30-31-32-33-36-38-41-44-47-50-53-56-62(65)68-59-60(69-63(66)57-54-51-48-45-42-39-35-27-24-21-18-15-12-9-6-3)58-67-61(64)55-52-49-46-43-40-37-34-26-23-20-17-14-11-8-5-2/h7-12,16-21,25-28,30-31,33-36,42,45,51,54,60H,4-6,13-15,22-24,29,32,37-41,43-44,46-50,52-53,55-59H2,1-3H3/b10-7-,11-8-,12-9-,19-16-,20-17-,21-18-,28-25-,31-30-,34-26-,35-27-,36-33-,45-42-,54-51-. The second-order valence-electron chi connectivity index (χ2n) is 17.0. The predicted octanol–water partition coefficient (Wildman–Crippen LogP) is 18.2. The highest BCUT2D eigenvalue weighted by molar-refractivity contribution is 5.72. The van der Waals surface area contributed by atoms with E-state index in [0.717, 1.165) is 154 Å². The van der Waals surface area contributed by atoms with Crippen LogP contribution in [-0.4, -0.2) is 37.2 Å². The van der Waals surface area contributed by atoms with Crippen LogP contribution in [0.1, 0.15) is 201 Å². The number of unbranched alkanes of at least 4 members (excludes halogenated alkanes) is 10. The van der Waals surface area contributed by atoms with E-state index in [0.29, 0.717) is 19.3 Å². The van der Waals surface area contributed by atoms with Gasteiger partial charge in [-0.15, -0.1) is 0 Å². The Morgan fingerprint density at radius 3 is 0.884 bits per heavy atom. The summed E-state index contributed by atoms with van der Waals surface area (Å²) in [6, 6.07) is 0. The molecule has 0 aromatic heterocycles. The Morgan fingerprint density at radius 2 is 0.565 bits per heavy atom. The van der Waals surface area contributed by atoms with E-state index < -0.39 is 12.1 Å². The first kappa shape index (κ1) is 64.0. The summed E-state index contributed by atoms with van der Waals surface area (Å²) >= 11 is 0. The molecular formula is C63H96O6.